The first-order chi connectivity index (χ1) is 10.6. The zero-order chi connectivity index (χ0) is 15.6. The summed E-state index contributed by atoms with van der Waals surface area (Å²) in [7, 11) is 0. The zero-order valence-corrected chi connectivity index (χ0v) is 14.8. The number of halogens is 1. The molecule has 0 aromatic heterocycles. The first kappa shape index (κ1) is 16.7. The molecule has 0 aromatic rings. The minimum atomic E-state index is -0.865. The Kier molecular flexibility index (Phi) is 5.15. The highest BCUT2D eigenvalue weighted by molar-refractivity contribution is 9.10. The van der Waals surface area contributed by atoms with Gasteiger partial charge in [-0.25, -0.2) is 0 Å². The normalized spacial score (nSPS) is 41.2. The molecule has 5 heteroatoms. The first-order valence-electron chi connectivity index (χ1n) is 8.79. The van der Waals surface area contributed by atoms with E-state index in [-0.39, 0.29) is 12.0 Å². The maximum atomic E-state index is 12.5. The molecule has 3 fully saturated rings. The fraction of sp³-hybridized carbons (Fsp3) is 0.941. The average Bonchev–Trinajstić information content (AvgIpc) is 2.84. The fourth-order valence-corrected chi connectivity index (χ4v) is 6.07. The van der Waals surface area contributed by atoms with Crippen LogP contribution in [0.4, 0.5) is 0 Å². The second-order valence-electron chi connectivity index (χ2n) is 7.06. The topological polar surface area (TPSA) is 55.8 Å². The number of aliphatic carboxylic acids is 1. The molecule has 1 aliphatic heterocycles. The molecule has 3 atom stereocenters. The Hall–Kier alpha value is -0.130. The predicted molar refractivity (Wildman–Crippen MR) is 87.1 cm³/mol. The van der Waals surface area contributed by atoms with Crippen molar-refractivity contribution in [3.05, 3.63) is 0 Å². The van der Waals surface area contributed by atoms with E-state index in [1.165, 1.54) is 12.8 Å². The van der Waals surface area contributed by atoms with Gasteiger partial charge in [-0.2, -0.15) is 0 Å². The molecule has 4 nitrogen and oxygen atoms in total. The number of hydrogen-bond acceptors (Lipinski definition) is 3. The molecule has 2 aliphatic carbocycles. The van der Waals surface area contributed by atoms with Gasteiger partial charge in [-0.15, -0.1) is 0 Å². The predicted octanol–water partition coefficient (Wildman–Crippen LogP) is 4.11. The van der Waals surface area contributed by atoms with Crippen molar-refractivity contribution in [1.82, 2.24) is 0 Å². The van der Waals surface area contributed by atoms with Crippen LogP contribution in [0.25, 0.3) is 0 Å². The van der Waals surface area contributed by atoms with Gasteiger partial charge in [-0.1, -0.05) is 38.5 Å². The van der Waals surface area contributed by atoms with Crippen LogP contribution in [0, 0.1) is 11.3 Å². The molecule has 0 aromatic carbocycles. The van der Waals surface area contributed by atoms with Gasteiger partial charge in [0.2, 0.25) is 0 Å². The molecule has 3 unspecified atom stereocenters. The highest BCUT2D eigenvalue weighted by Gasteiger charge is 2.65. The molecule has 0 spiro atoms. The summed E-state index contributed by atoms with van der Waals surface area (Å²) in [4.78, 5) is 12.5. The van der Waals surface area contributed by atoms with Crippen molar-refractivity contribution in [2.45, 2.75) is 74.8 Å². The second kappa shape index (κ2) is 6.78. The summed E-state index contributed by atoms with van der Waals surface area (Å²) in [5, 5.41) is 10.3. The maximum Gasteiger partial charge on any atom is 0.313 e. The Morgan fingerprint density at radius 2 is 1.68 bits per heavy atom. The van der Waals surface area contributed by atoms with Crippen molar-refractivity contribution in [3.8, 4) is 0 Å². The number of ether oxygens (including phenoxy) is 2. The van der Waals surface area contributed by atoms with Crippen LogP contribution >= 0.6 is 15.9 Å². The largest absolute Gasteiger partial charge is 0.481 e. The van der Waals surface area contributed by atoms with Crippen molar-refractivity contribution in [3.63, 3.8) is 0 Å². The van der Waals surface area contributed by atoms with Crippen LogP contribution in [0.1, 0.15) is 64.2 Å². The van der Waals surface area contributed by atoms with Crippen molar-refractivity contribution in [1.29, 1.82) is 0 Å². The molecule has 3 rings (SSSR count). The fourth-order valence-electron chi connectivity index (χ4n) is 4.85. The van der Waals surface area contributed by atoms with Gasteiger partial charge in [-0.3, -0.25) is 4.79 Å². The summed E-state index contributed by atoms with van der Waals surface area (Å²) in [6, 6.07) is 0. The van der Waals surface area contributed by atoms with E-state index < -0.39 is 15.9 Å². The van der Waals surface area contributed by atoms with Crippen LogP contribution in [0.3, 0.4) is 0 Å². The number of carbonyl (C=O) groups is 1. The Morgan fingerprint density at radius 3 is 2.36 bits per heavy atom. The van der Waals surface area contributed by atoms with Crippen molar-refractivity contribution >= 4 is 21.9 Å². The van der Waals surface area contributed by atoms with Gasteiger partial charge in [0.25, 0.3) is 0 Å². The van der Waals surface area contributed by atoms with Gasteiger partial charge in [0.1, 0.15) is 5.41 Å². The van der Waals surface area contributed by atoms with Crippen molar-refractivity contribution in [2.75, 3.05) is 13.2 Å². The molecule has 0 radical (unpaired) electrons. The average molecular weight is 375 g/mol. The smallest absolute Gasteiger partial charge is 0.313 e. The SMILES string of the molecule is O=C(O)C1(C2CCCCCC2)CCCCC2OCCOC21Br. The Bertz CT molecular complexity index is 407. The number of hydrogen-bond donors (Lipinski definition) is 1. The lowest BCUT2D eigenvalue weighted by atomic mass is 9.64. The molecule has 22 heavy (non-hydrogen) atoms. The summed E-state index contributed by atoms with van der Waals surface area (Å²) in [5.41, 5.74) is -0.862. The third kappa shape index (κ3) is 2.63. The van der Waals surface area contributed by atoms with E-state index in [2.05, 4.69) is 15.9 Å². The van der Waals surface area contributed by atoms with Crippen LogP contribution < -0.4 is 0 Å². The second-order valence-corrected chi connectivity index (χ2v) is 8.24. The van der Waals surface area contributed by atoms with Crippen LogP contribution in [0.15, 0.2) is 0 Å². The van der Waals surface area contributed by atoms with Gasteiger partial charge in [-0.05, 0) is 47.5 Å². The molecule has 3 aliphatic rings. The van der Waals surface area contributed by atoms with Crippen molar-refractivity contribution in [2.24, 2.45) is 11.3 Å². The lowest BCUT2D eigenvalue weighted by molar-refractivity contribution is -0.222. The van der Waals surface area contributed by atoms with E-state index in [0.29, 0.717) is 19.6 Å². The lowest BCUT2D eigenvalue weighted by Gasteiger charge is -2.52. The highest BCUT2D eigenvalue weighted by Crippen LogP contribution is 2.58. The number of rotatable bonds is 2. The number of carboxylic acids is 1. The minimum absolute atomic E-state index is 0.150. The van der Waals surface area contributed by atoms with E-state index >= 15 is 0 Å². The third-order valence-corrected chi connectivity index (χ3v) is 7.41. The van der Waals surface area contributed by atoms with E-state index in [9.17, 15) is 9.90 Å². The molecule has 1 heterocycles. The summed E-state index contributed by atoms with van der Waals surface area (Å²) in [6.45, 7) is 1.04. The molecular weight excluding hydrogens is 348 g/mol. The van der Waals surface area contributed by atoms with E-state index in [1.54, 1.807) is 0 Å². The number of carboxylic acid groups (broad SMARTS) is 1. The Morgan fingerprint density at radius 1 is 1.00 bits per heavy atom. The van der Waals surface area contributed by atoms with Gasteiger partial charge >= 0.3 is 5.97 Å². The quantitative estimate of drug-likeness (QED) is 0.583. The van der Waals surface area contributed by atoms with Gasteiger partial charge in [0.05, 0.1) is 19.3 Å². The zero-order valence-electron chi connectivity index (χ0n) is 13.2. The molecule has 126 valence electrons. The monoisotopic (exact) mass is 374 g/mol. The lowest BCUT2D eigenvalue weighted by Crippen LogP contribution is -2.62. The summed E-state index contributed by atoms with van der Waals surface area (Å²) in [5.74, 6) is -0.525. The summed E-state index contributed by atoms with van der Waals surface area (Å²) >= 11 is 3.78. The highest BCUT2D eigenvalue weighted by atomic mass is 79.9. The van der Waals surface area contributed by atoms with Crippen LogP contribution in [0.2, 0.25) is 0 Å². The molecule has 1 N–H and O–H groups in total. The van der Waals surface area contributed by atoms with Crippen LogP contribution in [-0.4, -0.2) is 34.9 Å². The third-order valence-electron chi connectivity index (χ3n) is 5.96. The Balaban J connectivity index is 2.02. The standard InChI is InChI=1S/C17H27BrO4/c18-17-14(21-11-12-22-17)9-5-6-10-16(17,15(19)20)13-7-3-1-2-4-8-13/h13-14H,1-12H2,(H,19,20). The summed E-state index contributed by atoms with van der Waals surface area (Å²) < 4.78 is 11.2. The van der Waals surface area contributed by atoms with Crippen LogP contribution in [0.5, 0.6) is 0 Å². The molecular formula is C17H27BrO4. The number of fused-ring (bicyclic) bond motifs is 1. The first-order valence-corrected chi connectivity index (χ1v) is 9.58. The van der Waals surface area contributed by atoms with Gasteiger partial charge < -0.3 is 14.6 Å². The van der Waals surface area contributed by atoms with Gasteiger partial charge in [0, 0.05) is 0 Å². The number of alkyl halides is 1. The molecule has 2 saturated carbocycles. The van der Waals surface area contributed by atoms with E-state index in [1.807, 2.05) is 0 Å². The molecule has 1 saturated heterocycles. The molecule has 0 bridgehead atoms. The summed E-state index contributed by atoms with van der Waals surface area (Å²) in [6.07, 6.45) is 10.1. The Labute approximate surface area is 141 Å². The van der Waals surface area contributed by atoms with Crippen molar-refractivity contribution < 1.29 is 19.4 Å². The van der Waals surface area contributed by atoms with Crippen LogP contribution in [-0.2, 0) is 14.3 Å². The maximum absolute atomic E-state index is 12.5. The van der Waals surface area contributed by atoms with E-state index in [0.717, 1.165) is 44.9 Å². The minimum Gasteiger partial charge on any atom is -0.481 e. The van der Waals surface area contributed by atoms with E-state index in [4.69, 9.17) is 9.47 Å². The van der Waals surface area contributed by atoms with Gasteiger partial charge in [0.15, 0.2) is 4.51 Å². The molecule has 0 amide bonds.